The summed E-state index contributed by atoms with van der Waals surface area (Å²) in [5.74, 6) is -0.599. The van der Waals surface area contributed by atoms with Crippen molar-refractivity contribution in [2.75, 3.05) is 11.9 Å². The summed E-state index contributed by atoms with van der Waals surface area (Å²) in [5, 5.41) is 2.82. The summed E-state index contributed by atoms with van der Waals surface area (Å²) >= 11 is 0. The first kappa shape index (κ1) is 14.5. The van der Waals surface area contributed by atoms with E-state index in [1.54, 1.807) is 31.2 Å². The maximum absolute atomic E-state index is 12.1. The Kier molecular flexibility index (Phi) is 4.74. The topological polar surface area (TPSA) is 81.4 Å². The zero-order chi connectivity index (χ0) is 14.5. The Morgan fingerprint density at radius 2 is 2.20 bits per heavy atom. The van der Waals surface area contributed by atoms with Crippen LogP contribution in [0.15, 0.2) is 24.3 Å². The normalized spacial score (nSPS) is 21.5. The molecule has 0 bridgehead atoms. The predicted octanol–water partition coefficient (Wildman–Crippen LogP) is 1.93. The van der Waals surface area contributed by atoms with Crippen molar-refractivity contribution in [2.24, 2.45) is 11.7 Å². The van der Waals surface area contributed by atoms with E-state index in [2.05, 4.69) is 5.32 Å². The lowest BCUT2D eigenvalue weighted by atomic mass is 10.0. The molecule has 1 aromatic carbocycles. The van der Waals surface area contributed by atoms with Crippen molar-refractivity contribution < 1.29 is 14.3 Å². The number of esters is 1. The van der Waals surface area contributed by atoms with Crippen molar-refractivity contribution in [2.45, 2.75) is 32.2 Å². The Morgan fingerprint density at radius 3 is 2.85 bits per heavy atom. The van der Waals surface area contributed by atoms with E-state index in [0.717, 1.165) is 19.3 Å². The average Bonchev–Trinajstić information content (AvgIpc) is 2.85. The SMILES string of the molecule is CCOC(=O)c1cccc(NC(=O)C2CCCC2N)c1. The number of carbonyl (C=O) groups is 2. The van der Waals surface area contributed by atoms with Gasteiger partial charge in [-0.1, -0.05) is 12.5 Å². The van der Waals surface area contributed by atoms with Gasteiger partial charge < -0.3 is 15.8 Å². The number of hydrogen-bond acceptors (Lipinski definition) is 4. The third-order valence-electron chi connectivity index (χ3n) is 3.55. The van der Waals surface area contributed by atoms with Crippen LogP contribution in [0, 0.1) is 5.92 Å². The quantitative estimate of drug-likeness (QED) is 0.823. The van der Waals surface area contributed by atoms with E-state index in [0.29, 0.717) is 17.9 Å². The molecule has 1 fully saturated rings. The van der Waals surface area contributed by atoms with Crippen molar-refractivity contribution in [1.29, 1.82) is 0 Å². The van der Waals surface area contributed by atoms with E-state index >= 15 is 0 Å². The Balaban J connectivity index is 2.04. The number of amides is 1. The van der Waals surface area contributed by atoms with Gasteiger partial charge in [0.2, 0.25) is 5.91 Å². The number of anilines is 1. The Labute approximate surface area is 118 Å². The summed E-state index contributed by atoms with van der Waals surface area (Å²) in [5.41, 5.74) is 6.94. The molecule has 20 heavy (non-hydrogen) atoms. The zero-order valence-electron chi connectivity index (χ0n) is 11.6. The number of carbonyl (C=O) groups excluding carboxylic acids is 2. The number of rotatable bonds is 4. The minimum atomic E-state index is -0.388. The minimum absolute atomic E-state index is 0.0664. The van der Waals surface area contributed by atoms with Crippen LogP contribution in [0.2, 0.25) is 0 Å². The predicted molar refractivity (Wildman–Crippen MR) is 76.3 cm³/mol. The molecule has 1 aliphatic rings. The summed E-state index contributed by atoms with van der Waals surface area (Å²) in [6.45, 7) is 2.08. The first-order chi connectivity index (χ1) is 9.61. The van der Waals surface area contributed by atoms with Gasteiger partial charge in [-0.15, -0.1) is 0 Å². The third-order valence-corrected chi connectivity index (χ3v) is 3.55. The van der Waals surface area contributed by atoms with Crippen LogP contribution in [-0.4, -0.2) is 24.5 Å². The average molecular weight is 276 g/mol. The molecule has 3 N–H and O–H groups in total. The molecule has 0 aromatic heterocycles. The van der Waals surface area contributed by atoms with Gasteiger partial charge in [0.15, 0.2) is 0 Å². The van der Waals surface area contributed by atoms with Gasteiger partial charge in [-0.3, -0.25) is 4.79 Å². The summed E-state index contributed by atoms with van der Waals surface area (Å²) in [4.78, 5) is 23.8. The lowest BCUT2D eigenvalue weighted by Gasteiger charge is -2.15. The molecule has 2 atom stereocenters. The summed E-state index contributed by atoms with van der Waals surface area (Å²) in [6.07, 6.45) is 2.70. The number of nitrogens with one attached hydrogen (secondary N) is 1. The van der Waals surface area contributed by atoms with Gasteiger partial charge in [0.25, 0.3) is 0 Å². The van der Waals surface area contributed by atoms with Gasteiger partial charge in [0.05, 0.1) is 18.1 Å². The fourth-order valence-corrected chi connectivity index (χ4v) is 2.49. The van der Waals surface area contributed by atoms with Crippen LogP contribution in [0.1, 0.15) is 36.5 Å². The highest BCUT2D eigenvalue weighted by Crippen LogP contribution is 2.25. The highest BCUT2D eigenvalue weighted by Gasteiger charge is 2.30. The molecule has 0 heterocycles. The first-order valence-electron chi connectivity index (χ1n) is 6.95. The van der Waals surface area contributed by atoms with Crippen LogP contribution in [0.25, 0.3) is 0 Å². The highest BCUT2D eigenvalue weighted by atomic mass is 16.5. The van der Waals surface area contributed by atoms with Crippen molar-refractivity contribution in [3.63, 3.8) is 0 Å². The molecule has 0 aliphatic heterocycles. The fraction of sp³-hybridized carbons (Fsp3) is 0.467. The number of hydrogen-bond donors (Lipinski definition) is 2. The molecule has 2 rings (SSSR count). The molecule has 5 heteroatoms. The fourth-order valence-electron chi connectivity index (χ4n) is 2.49. The second-order valence-corrected chi connectivity index (χ2v) is 4.99. The molecule has 2 unspecified atom stereocenters. The van der Waals surface area contributed by atoms with Crippen LogP contribution in [0.3, 0.4) is 0 Å². The molecule has 108 valence electrons. The van der Waals surface area contributed by atoms with Gasteiger partial charge in [0.1, 0.15) is 0 Å². The van der Waals surface area contributed by atoms with Crippen LogP contribution in [-0.2, 0) is 9.53 Å². The minimum Gasteiger partial charge on any atom is -0.462 e. The number of ether oxygens (including phenoxy) is 1. The first-order valence-corrected chi connectivity index (χ1v) is 6.95. The highest BCUT2D eigenvalue weighted by molar-refractivity contribution is 5.95. The van der Waals surface area contributed by atoms with Crippen LogP contribution in [0.4, 0.5) is 5.69 Å². The van der Waals surface area contributed by atoms with E-state index in [-0.39, 0.29) is 23.8 Å². The van der Waals surface area contributed by atoms with Gasteiger partial charge in [0, 0.05) is 11.7 Å². The molecule has 0 saturated heterocycles. The molecule has 0 radical (unpaired) electrons. The van der Waals surface area contributed by atoms with Gasteiger partial charge in [-0.25, -0.2) is 4.79 Å². The van der Waals surface area contributed by atoms with E-state index < -0.39 is 0 Å². The molecule has 1 aliphatic carbocycles. The van der Waals surface area contributed by atoms with Crippen molar-refractivity contribution in [3.8, 4) is 0 Å². The second kappa shape index (κ2) is 6.52. The maximum Gasteiger partial charge on any atom is 0.338 e. The van der Waals surface area contributed by atoms with Gasteiger partial charge in [-0.05, 0) is 38.0 Å². The lowest BCUT2D eigenvalue weighted by Crippen LogP contribution is -2.34. The molecule has 1 aromatic rings. The molecular formula is C15H20N2O3. The Bertz CT molecular complexity index is 502. The van der Waals surface area contributed by atoms with Crippen molar-refractivity contribution >= 4 is 17.6 Å². The number of benzene rings is 1. The van der Waals surface area contributed by atoms with Gasteiger partial charge in [-0.2, -0.15) is 0 Å². The van der Waals surface area contributed by atoms with Crippen LogP contribution >= 0.6 is 0 Å². The zero-order valence-corrected chi connectivity index (χ0v) is 11.6. The summed E-state index contributed by atoms with van der Waals surface area (Å²) in [7, 11) is 0. The number of nitrogens with two attached hydrogens (primary N) is 1. The van der Waals surface area contributed by atoms with Gasteiger partial charge >= 0.3 is 5.97 Å². The molecule has 1 amide bonds. The molecule has 1 saturated carbocycles. The van der Waals surface area contributed by atoms with Crippen molar-refractivity contribution in [1.82, 2.24) is 0 Å². The monoisotopic (exact) mass is 276 g/mol. The van der Waals surface area contributed by atoms with E-state index in [1.165, 1.54) is 0 Å². The van der Waals surface area contributed by atoms with E-state index in [1.807, 2.05) is 0 Å². The largest absolute Gasteiger partial charge is 0.462 e. The van der Waals surface area contributed by atoms with E-state index in [9.17, 15) is 9.59 Å². The second-order valence-electron chi connectivity index (χ2n) is 4.99. The maximum atomic E-state index is 12.1. The Morgan fingerprint density at radius 1 is 1.40 bits per heavy atom. The molecule has 5 nitrogen and oxygen atoms in total. The van der Waals surface area contributed by atoms with E-state index in [4.69, 9.17) is 10.5 Å². The molecule has 0 spiro atoms. The third kappa shape index (κ3) is 3.36. The summed E-state index contributed by atoms with van der Waals surface area (Å²) < 4.78 is 4.93. The van der Waals surface area contributed by atoms with Crippen molar-refractivity contribution in [3.05, 3.63) is 29.8 Å². The molecular weight excluding hydrogens is 256 g/mol. The van der Waals surface area contributed by atoms with Crippen LogP contribution in [0.5, 0.6) is 0 Å². The Hall–Kier alpha value is -1.88. The lowest BCUT2D eigenvalue weighted by molar-refractivity contribution is -0.120. The summed E-state index contributed by atoms with van der Waals surface area (Å²) in [6, 6.07) is 6.69. The smallest absolute Gasteiger partial charge is 0.338 e. The standard InChI is InChI=1S/C15H20N2O3/c1-2-20-15(19)10-5-3-6-11(9-10)17-14(18)12-7-4-8-13(12)16/h3,5-6,9,12-13H,2,4,7-8,16H2,1H3,(H,17,18). The van der Waals surface area contributed by atoms with Crippen LogP contribution < -0.4 is 11.1 Å².